The van der Waals surface area contributed by atoms with Gasteiger partial charge in [0.25, 0.3) is 0 Å². The van der Waals surface area contributed by atoms with E-state index in [1.165, 1.54) is 0 Å². The van der Waals surface area contributed by atoms with Crippen LogP contribution in [0.2, 0.25) is 0 Å². The maximum Gasteiger partial charge on any atom is 0.230 e. The minimum Gasteiger partial charge on any atom is -0.333 e. The lowest BCUT2D eigenvalue weighted by atomic mass is 9.98. The molecule has 1 aliphatic rings. The van der Waals surface area contributed by atoms with Crippen LogP contribution in [0.4, 0.5) is 0 Å². The van der Waals surface area contributed by atoms with Gasteiger partial charge in [-0.3, -0.25) is 14.8 Å². The summed E-state index contributed by atoms with van der Waals surface area (Å²) in [5.74, 6) is -0.0424. The topological polar surface area (TPSA) is 58.1 Å². The molecule has 1 N–H and O–H groups in total. The summed E-state index contributed by atoms with van der Waals surface area (Å²) in [5.41, 5.74) is 1.90. The third-order valence-electron chi connectivity index (χ3n) is 4.88. The van der Waals surface area contributed by atoms with Gasteiger partial charge in [-0.1, -0.05) is 12.1 Å². The number of pyridine rings is 2. The number of hydrogen-bond donors (Lipinski definition) is 1. The van der Waals surface area contributed by atoms with Gasteiger partial charge < -0.3 is 10.2 Å². The van der Waals surface area contributed by atoms with Crippen LogP contribution >= 0.6 is 0 Å². The van der Waals surface area contributed by atoms with Crippen molar-refractivity contribution in [1.29, 1.82) is 0 Å². The predicted octanol–water partition coefficient (Wildman–Crippen LogP) is 2.75. The Bertz CT molecular complexity index is 654. The third-order valence-corrected chi connectivity index (χ3v) is 4.88. The van der Waals surface area contributed by atoms with Gasteiger partial charge in [-0.15, -0.1) is 0 Å². The average Bonchev–Trinajstić information content (AvgIpc) is 2.96. The van der Waals surface area contributed by atoms with Crippen molar-refractivity contribution in [2.75, 3.05) is 13.1 Å². The van der Waals surface area contributed by atoms with Crippen molar-refractivity contribution in [3.05, 3.63) is 60.2 Å². The first-order valence-corrected chi connectivity index (χ1v) is 9.06. The number of nitrogens with one attached hydrogen (secondary N) is 1. The Morgan fingerprint density at radius 3 is 2.92 bits per heavy atom. The van der Waals surface area contributed by atoms with Crippen molar-refractivity contribution in [2.24, 2.45) is 0 Å². The number of amides is 1. The van der Waals surface area contributed by atoms with Crippen molar-refractivity contribution < 1.29 is 4.79 Å². The van der Waals surface area contributed by atoms with E-state index in [1.807, 2.05) is 42.2 Å². The molecule has 0 radical (unpaired) electrons. The Morgan fingerprint density at radius 1 is 1.24 bits per heavy atom. The zero-order chi connectivity index (χ0) is 17.5. The average molecular weight is 338 g/mol. The standard InChI is InChI=1S/C20H26N4O/c1-16(17-6-4-11-22-14-17)20(25)24(15-18-7-2-3-12-23-18)19-8-5-10-21-13-9-19/h2-4,6-7,11-12,14,16,19,21H,5,8-10,13,15H2,1H3/t16-,19-/m0/s1. The molecule has 3 heterocycles. The zero-order valence-electron chi connectivity index (χ0n) is 14.8. The lowest BCUT2D eigenvalue weighted by Gasteiger charge is -2.33. The monoisotopic (exact) mass is 338 g/mol. The molecule has 0 unspecified atom stereocenters. The van der Waals surface area contributed by atoms with Gasteiger partial charge in [-0.05, 0) is 63.0 Å². The van der Waals surface area contributed by atoms with E-state index in [9.17, 15) is 4.79 Å². The Balaban J connectivity index is 1.82. The molecule has 2 aromatic heterocycles. The van der Waals surface area contributed by atoms with Crippen LogP contribution in [0.5, 0.6) is 0 Å². The summed E-state index contributed by atoms with van der Waals surface area (Å²) in [7, 11) is 0. The van der Waals surface area contributed by atoms with Gasteiger partial charge in [0.2, 0.25) is 5.91 Å². The van der Waals surface area contributed by atoms with E-state index in [1.54, 1.807) is 18.6 Å². The first kappa shape index (κ1) is 17.5. The van der Waals surface area contributed by atoms with Crippen LogP contribution in [-0.4, -0.2) is 39.9 Å². The molecular weight excluding hydrogens is 312 g/mol. The Morgan fingerprint density at radius 2 is 2.16 bits per heavy atom. The van der Waals surface area contributed by atoms with E-state index in [4.69, 9.17) is 0 Å². The highest BCUT2D eigenvalue weighted by Crippen LogP contribution is 2.23. The second-order valence-corrected chi connectivity index (χ2v) is 6.63. The van der Waals surface area contributed by atoms with E-state index in [0.717, 1.165) is 43.6 Å². The Hall–Kier alpha value is -2.27. The van der Waals surface area contributed by atoms with Gasteiger partial charge >= 0.3 is 0 Å². The molecular formula is C20H26N4O. The highest BCUT2D eigenvalue weighted by Gasteiger charge is 2.29. The molecule has 5 nitrogen and oxygen atoms in total. The van der Waals surface area contributed by atoms with E-state index >= 15 is 0 Å². The van der Waals surface area contributed by atoms with E-state index in [-0.39, 0.29) is 17.9 Å². The fourth-order valence-electron chi connectivity index (χ4n) is 3.39. The fraction of sp³-hybridized carbons (Fsp3) is 0.450. The molecule has 5 heteroatoms. The molecule has 25 heavy (non-hydrogen) atoms. The molecule has 0 aromatic carbocycles. The van der Waals surface area contributed by atoms with Crippen LogP contribution < -0.4 is 5.32 Å². The molecule has 1 saturated heterocycles. The van der Waals surface area contributed by atoms with Crippen LogP contribution in [0.3, 0.4) is 0 Å². The third kappa shape index (κ3) is 4.63. The van der Waals surface area contributed by atoms with Crippen molar-refractivity contribution in [3.63, 3.8) is 0 Å². The fourth-order valence-corrected chi connectivity index (χ4v) is 3.39. The Labute approximate surface area is 149 Å². The van der Waals surface area contributed by atoms with Crippen molar-refractivity contribution >= 4 is 5.91 Å². The molecule has 3 rings (SSSR count). The predicted molar refractivity (Wildman–Crippen MR) is 97.9 cm³/mol. The number of carbonyl (C=O) groups is 1. The molecule has 0 spiro atoms. The van der Waals surface area contributed by atoms with E-state index in [0.29, 0.717) is 6.54 Å². The number of nitrogens with zero attached hydrogens (tertiary/aromatic N) is 3. The maximum absolute atomic E-state index is 13.3. The summed E-state index contributed by atoms with van der Waals surface area (Å²) in [6.45, 7) is 4.52. The summed E-state index contributed by atoms with van der Waals surface area (Å²) in [4.78, 5) is 23.9. The molecule has 1 fully saturated rings. The highest BCUT2D eigenvalue weighted by atomic mass is 16.2. The number of aromatic nitrogens is 2. The number of hydrogen-bond acceptors (Lipinski definition) is 4. The minimum atomic E-state index is -0.200. The quantitative estimate of drug-likeness (QED) is 0.911. The summed E-state index contributed by atoms with van der Waals surface area (Å²) in [6.07, 6.45) is 8.43. The van der Waals surface area contributed by atoms with Gasteiger partial charge in [-0.25, -0.2) is 0 Å². The van der Waals surface area contributed by atoms with Crippen LogP contribution in [0.25, 0.3) is 0 Å². The lowest BCUT2D eigenvalue weighted by molar-refractivity contribution is -0.135. The van der Waals surface area contributed by atoms with Crippen molar-refractivity contribution in [2.45, 2.75) is 44.7 Å². The van der Waals surface area contributed by atoms with Crippen molar-refractivity contribution in [1.82, 2.24) is 20.2 Å². The van der Waals surface area contributed by atoms with E-state index in [2.05, 4.69) is 15.3 Å². The van der Waals surface area contributed by atoms with Crippen LogP contribution in [-0.2, 0) is 11.3 Å². The summed E-state index contributed by atoms with van der Waals surface area (Å²) in [5, 5.41) is 3.43. The van der Waals surface area contributed by atoms with E-state index < -0.39 is 0 Å². The van der Waals surface area contributed by atoms with Gasteiger partial charge in [0, 0.05) is 24.6 Å². The first-order chi connectivity index (χ1) is 12.3. The maximum atomic E-state index is 13.3. The molecule has 132 valence electrons. The minimum absolute atomic E-state index is 0.158. The second kappa shape index (κ2) is 8.72. The SMILES string of the molecule is C[C@H](C(=O)N(Cc1ccccn1)[C@H]1CCCNCC1)c1cccnc1. The largest absolute Gasteiger partial charge is 0.333 e. The second-order valence-electron chi connectivity index (χ2n) is 6.63. The molecule has 0 bridgehead atoms. The summed E-state index contributed by atoms with van der Waals surface area (Å²) < 4.78 is 0. The van der Waals surface area contributed by atoms with Crippen LogP contribution in [0.1, 0.15) is 43.4 Å². The van der Waals surface area contributed by atoms with Gasteiger partial charge in [-0.2, -0.15) is 0 Å². The van der Waals surface area contributed by atoms with Crippen LogP contribution in [0, 0.1) is 0 Å². The lowest BCUT2D eigenvalue weighted by Crippen LogP contribution is -2.42. The van der Waals surface area contributed by atoms with Gasteiger partial charge in [0.05, 0.1) is 18.2 Å². The Kier molecular flexibility index (Phi) is 6.12. The molecule has 0 aliphatic carbocycles. The zero-order valence-corrected chi connectivity index (χ0v) is 14.8. The summed E-state index contributed by atoms with van der Waals surface area (Å²) >= 11 is 0. The van der Waals surface area contributed by atoms with Gasteiger partial charge in [0.15, 0.2) is 0 Å². The molecule has 2 atom stereocenters. The molecule has 1 amide bonds. The van der Waals surface area contributed by atoms with Crippen molar-refractivity contribution in [3.8, 4) is 0 Å². The normalized spacial score (nSPS) is 19.0. The first-order valence-electron chi connectivity index (χ1n) is 9.06. The number of carbonyl (C=O) groups excluding carboxylic acids is 1. The highest BCUT2D eigenvalue weighted by molar-refractivity contribution is 5.83. The molecule has 1 aliphatic heterocycles. The molecule has 0 saturated carbocycles. The smallest absolute Gasteiger partial charge is 0.230 e. The summed E-state index contributed by atoms with van der Waals surface area (Å²) in [6, 6.07) is 9.99. The van der Waals surface area contributed by atoms with Gasteiger partial charge in [0.1, 0.15) is 0 Å². The van der Waals surface area contributed by atoms with Crippen LogP contribution in [0.15, 0.2) is 48.9 Å². The molecule has 2 aromatic rings. The number of rotatable bonds is 5.